The van der Waals surface area contributed by atoms with Crippen molar-refractivity contribution in [3.8, 4) is 11.5 Å². The lowest BCUT2D eigenvalue weighted by atomic mass is 10.2. The Hall–Kier alpha value is -3.41. The lowest BCUT2D eigenvalue weighted by Crippen LogP contribution is -2.27. The van der Waals surface area contributed by atoms with Crippen LogP contribution in [0, 0.1) is 6.92 Å². The maximum absolute atomic E-state index is 13.4. The molecular weight excluding hydrogens is 488 g/mol. The van der Waals surface area contributed by atoms with E-state index in [9.17, 15) is 9.59 Å². The third-order valence-corrected chi connectivity index (χ3v) is 7.02. The van der Waals surface area contributed by atoms with Gasteiger partial charge in [-0.2, -0.15) is 0 Å². The quantitative estimate of drug-likeness (QED) is 0.282. The summed E-state index contributed by atoms with van der Waals surface area (Å²) in [6.07, 6.45) is 3.69. The highest BCUT2D eigenvalue weighted by Gasteiger charge is 2.33. The molecule has 0 bridgehead atoms. The summed E-state index contributed by atoms with van der Waals surface area (Å²) in [6.45, 7) is 2.75. The second-order valence-corrected chi connectivity index (χ2v) is 9.70. The van der Waals surface area contributed by atoms with Gasteiger partial charge in [-0.1, -0.05) is 36.1 Å². The van der Waals surface area contributed by atoms with E-state index in [4.69, 9.17) is 26.8 Å². The number of thiocarbonyl (C=S) groups is 1. The zero-order valence-electron chi connectivity index (χ0n) is 18.8. The van der Waals surface area contributed by atoms with Gasteiger partial charge >= 0.3 is 0 Å². The lowest BCUT2D eigenvalue weighted by Gasteiger charge is -2.15. The van der Waals surface area contributed by atoms with E-state index < -0.39 is 0 Å². The summed E-state index contributed by atoms with van der Waals surface area (Å²) in [7, 11) is 0. The molecule has 1 amide bonds. The van der Waals surface area contributed by atoms with Crippen molar-refractivity contribution < 1.29 is 19.4 Å². The summed E-state index contributed by atoms with van der Waals surface area (Å²) in [5.74, 6) is 1.37. The number of fused-ring (bicyclic) bond motifs is 2. The number of aryl methyl sites for hydroxylation is 1. The number of hydrogen-bond donors (Lipinski definition) is 2. The number of aromatic nitrogens is 2. The van der Waals surface area contributed by atoms with Crippen molar-refractivity contribution >= 4 is 51.7 Å². The van der Waals surface area contributed by atoms with Gasteiger partial charge in [0.25, 0.3) is 11.5 Å². The fourth-order valence-electron chi connectivity index (χ4n) is 3.85. The smallest absolute Gasteiger partial charge is 0.267 e. The summed E-state index contributed by atoms with van der Waals surface area (Å²) in [5.41, 5.74) is 2.18. The highest BCUT2D eigenvalue weighted by molar-refractivity contribution is 8.26. The van der Waals surface area contributed by atoms with Crippen LogP contribution >= 0.6 is 24.0 Å². The number of nitrogens with zero attached hydrogens (tertiary/aromatic N) is 3. The van der Waals surface area contributed by atoms with Crippen LogP contribution in [0.25, 0.3) is 11.7 Å². The second kappa shape index (κ2) is 9.68. The molecule has 9 nitrogen and oxygen atoms in total. The van der Waals surface area contributed by atoms with Crippen LogP contribution in [0.3, 0.4) is 0 Å². The minimum atomic E-state index is -0.300. The maximum Gasteiger partial charge on any atom is 0.267 e. The second-order valence-electron chi connectivity index (χ2n) is 8.02. The molecule has 180 valence electrons. The number of aliphatic hydroxyl groups is 1. The molecule has 2 aliphatic rings. The normalized spacial score (nSPS) is 16.1. The number of carbonyl (C=O) groups excluding carboxylic acids is 1. The van der Waals surface area contributed by atoms with Gasteiger partial charge in [0.1, 0.15) is 15.8 Å². The van der Waals surface area contributed by atoms with Gasteiger partial charge in [0, 0.05) is 19.3 Å². The predicted molar refractivity (Wildman–Crippen MR) is 138 cm³/mol. The van der Waals surface area contributed by atoms with Crippen molar-refractivity contribution in [1.29, 1.82) is 0 Å². The van der Waals surface area contributed by atoms with Gasteiger partial charge in [0.2, 0.25) is 6.79 Å². The Labute approximate surface area is 210 Å². The monoisotopic (exact) mass is 510 g/mol. The number of nitrogens with one attached hydrogen (secondary N) is 1. The van der Waals surface area contributed by atoms with E-state index in [0.717, 1.165) is 22.9 Å². The van der Waals surface area contributed by atoms with Crippen LogP contribution in [0.2, 0.25) is 0 Å². The zero-order chi connectivity index (χ0) is 24.5. The first-order valence-corrected chi connectivity index (χ1v) is 12.2. The number of pyridine rings is 1. The molecule has 0 unspecified atom stereocenters. The number of anilines is 1. The van der Waals surface area contributed by atoms with Crippen LogP contribution in [0.15, 0.2) is 46.2 Å². The molecule has 1 fully saturated rings. The van der Waals surface area contributed by atoms with Crippen molar-refractivity contribution in [3.63, 3.8) is 0 Å². The first-order chi connectivity index (χ1) is 17.0. The van der Waals surface area contributed by atoms with Crippen molar-refractivity contribution in [2.45, 2.75) is 19.9 Å². The number of benzene rings is 1. The summed E-state index contributed by atoms with van der Waals surface area (Å²) in [4.78, 5) is 33.1. The number of ether oxygens (including phenoxy) is 2. The van der Waals surface area contributed by atoms with Crippen molar-refractivity contribution in [3.05, 3.63) is 68.5 Å². The highest BCUT2D eigenvalue weighted by Crippen LogP contribution is 2.36. The van der Waals surface area contributed by atoms with Crippen molar-refractivity contribution in [2.75, 3.05) is 25.3 Å². The number of thioether (sulfide) groups is 1. The summed E-state index contributed by atoms with van der Waals surface area (Å²) in [5, 5.41) is 12.3. The molecule has 0 atom stereocenters. The Morgan fingerprint density at radius 1 is 1.26 bits per heavy atom. The van der Waals surface area contributed by atoms with Gasteiger partial charge in [0.15, 0.2) is 11.5 Å². The van der Waals surface area contributed by atoms with E-state index in [2.05, 4.69) is 10.3 Å². The van der Waals surface area contributed by atoms with Gasteiger partial charge in [-0.05, 0) is 48.7 Å². The summed E-state index contributed by atoms with van der Waals surface area (Å²) < 4.78 is 12.6. The molecule has 2 aromatic heterocycles. The van der Waals surface area contributed by atoms with Gasteiger partial charge in [-0.25, -0.2) is 4.98 Å². The fraction of sp³-hybridized carbons (Fsp3) is 0.250. The molecule has 2 aliphatic heterocycles. The van der Waals surface area contributed by atoms with Crippen LogP contribution in [0.5, 0.6) is 11.5 Å². The van der Waals surface area contributed by atoms with E-state index in [-0.39, 0.29) is 37.0 Å². The van der Waals surface area contributed by atoms with Crippen LogP contribution in [-0.4, -0.2) is 49.6 Å². The number of hydrogen-bond acceptors (Lipinski definition) is 9. The first kappa shape index (κ1) is 23.3. The number of carbonyl (C=O) groups is 1. The van der Waals surface area contributed by atoms with E-state index >= 15 is 0 Å². The Morgan fingerprint density at radius 3 is 2.91 bits per heavy atom. The number of aliphatic hydroxyl groups excluding tert-OH is 1. The molecule has 2 N–H and O–H groups in total. The molecule has 0 aliphatic carbocycles. The minimum absolute atomic E-state index is 0.00639. The molecule has 5 rings (SSSR count). The van der Waals surface area contributed by atoms with Crippen LogP contribution < -0.4 is 20.3 Å². The molecule has 1 aromatic carbocycles. The molecule has 0 spiro atoms. The molecule has 3 aromatic rings. The highest BCUT2D eigenvalue weighted by atomic mass is 32.2. The first-order valence-electron chi connectivity index (χ1n) is 11.0. The Kier molecular flexibility index (Phi) is 6.46. The Balaban J connectivity index is 1.49. The third-order valence-electron chi connectivity index (χ3n) is 5.64. The Bertz CT molecular complexity index is 1440. The standard InChI is InChI=1S/C24H22N4O5S2/c1-14-4-2-8-27-21(14)26-20(25-7-3-9-29)16(22(27)30)11-19-23(31)28(24(34)35-19)12-15-5-6-17-18(10-15)33-13-32-17/h2,4-6,8,10-11,25,29H,3,7,9,12-13H2,1H3/b19-11-. The van der Waals surface area contributed by atoms with E-state index in [1.807, 2.05) is 25.1 Å². The zero-order valence-corrected chi connectivity index (χ0v) is 20.4. The Morgan fingerprint density at radius 2 is 2.09 bits per heavy atom. The van der Waals surface area contributed by atoms with Crippen LogP contribution in [0.1, 0.15) is 23.1 Å². The minimum Gasteiger partial charge on any atom is -0.454 e. The van der Waals surface area contributed by atoms with Crippen LogP contribution in [-0.2, 0) is 11.3 Å². The van der Waals surface area contributed by atoms with E-state index in [1.54, 1.807) is 24.4 Å². The molecule has 35 heavy (non-hydrogen) atoms. The van der Waals surface area contributed by atoms with E-state index in [1.165, 1.54) is 9.30 Å². The van der Waals surface area contributed by atoms with Gasteiger partial charge < -0.3 is 19.9 Å². The SMILES string of the molecule is Cc1cccn2c(=O)c(/C=C3\SC(=S)N(Cc4ccc5c(c4)OCO5)C3=O)c(NCCCO)nc12. The summed E-state index contributed by atoms with van der Waals surface area (Å²) in [6, 6.07) is 9.15. The predicted octanol–water partition coefficient (Wildman–Crippen LogP) is 2.93. The topological polar surface area (TPSA) is 105 Å². The molecule has 0 radical (unpaired) electrons. The summed E-state index contributed by atoms with van der Waals surface area (Å²) >= 11 is 6.63. The largest absolute Gasteiger partial charge is 0.454 e. The molecule has 1 saturated heterocycles. The molecular formula is C24H22N4O5S2. The lowest BCUT2D eigenvalue weighted by molar-refractivity contribution is -0.122. The average molecular weight is 511 g/mol. The van der Waals surface area contributed by atoms with E-state index in [0.29, 0.717) is 45.2 Å². The third kappa shape index (κ3) is 4.49. The van der Waals surface area contributed by atoms with Crippen molar-refractivity contribution in [2.24, 2.45) is 0 Å². The van der Waals surface area contributed by atoms with Gasteiger partial charge in [-0.3, -0.25) is 18.9 Å². The fourth-order valence-corrected chi connectivity index (χ4v) is 5.09. The van der Waals surface area contributed by atoms with Crippen molar-refractivity contribution in [1.82, 2.24) is 14.3 Å². The van der Waals surface area contributed by atoms with Gasteiger partial charge in [-0.15, -0.1) is 0 Å². The number of rotatable bonds is 7. The maximum atomic E-state index is 13.4. The van der Waals surface area contributed by atoms with Crippen LogP contribution in [0.4, 0.5) is 5.82 Å². The van der Waals surface area contributed by atoms with Gasteiger partial charge in [0.05, 0.1) is 17.0 Å². The molecule has 11 heteroatoms. The number of amides is 1. The molecule has 4 heterocycles. The molecule has 0 saturated carbocycles. The average Bonchev–Trinajstić information content (AvgIpc) is 3.41.